The Bertz CT molecular complexity index is 1140. The van der Waals surface area contributed by atoms with Crippen LogP contribution in [-0.4, -0.2) is 20.1 Å². The van der Waals surface area contributed by atoms with E-state index in [1.54, 1.807) is 34.1 Å². The molecule has 4 aromatic rings. The van der Waals surface area contributed by atoms with Crippen molar-refractivity contribution in [1.82, 2.24) is 19.5 Å². The molecule has 1 N–H and O–H groups in total. The van der Waals surface area contributed by atoms with Crippen LogP contribution in [0.1, 0.15) is 30.1 Å². The molecule has 7 nitrogen and oxygen atoms in total. The molecule has 4 rings (SSSR count). The Morgan fingerprint density at radius 1 is 1.38 bits per heavy atom. The first-order chi connectivity index (χ1) is 12.6. The molecule has 1 atom stereocenters. The average Bonchev–Trinajstić information content (AvgIpc) is 3.34. The van der Waals surface area contributed by atoms with Gasteiger partial charge < -0.3 is 9.73 Å². The molecule has 0 unspecified atom stereocenters. The summed E-state index contributed by atoms with van der Waals surface area (Å²) in [5.41, 5.74) is 1.57. The second-order valence-electron chi connectivity index (χ2n) is 6.05. The molecule has 0 fully saturated rings. The highest BCUT2D eigenvalue weighted by Gasteiger charge is 2.23. The quantitative estimate of drug-likeness (QED) is 0.586. The Morgan fingerprint density at radius 2 is 2.23 bits per heavy atom. The highest BCUT2D eigenvalue weighted by Crippen LogP contribution is 2.21. The molecule has 0 radical (unpaired) electrons. The van der Waals surface area contributed by atoms with Crippen LogP contribution in [-0.2, 0) is 11.3 Å². The minimum absolute atomic E-state index is 0.213. The van der Waals surface area contributed by atoms with Gasteiger partial charge in [0.2, 0.25) is 5.91 Å². The van der Waals surface area contributed by atoms with Crippen molar-refractivity contribution in [2.45, 2.75) is 32.9 Å². The van der Waals surface area contributed by atoms with Crippen LogP contribution < -0.4 is 10.9 Å². The van der Waals surface area contributed by atoms with Crippen molar-refractivity contribution in [3.63, 3.8) is 0 Å². The van der Waals surface area contributed by atoms with E-state index in [1.807, 2.05) is 31.4 Å². The van der Waals surface area contributed by atoms with E-state index >= 15 is 0 Å². The van der Waals surface area contributed by atoms with Crippen LogP contribution in [0, 0.1) is 6.92 Å². The number of hydrogen-bond donors (Lipinski definition) is 1. The predicted molar refractivity (Wildman–Crippen MR) is 99.5 cm³/mol. The van der Waals surface area contributed by atoms with Crippen molar-refractivity contribution in [2.75, 3.05) is 0 Å². The molecule has 0 aliphatic rings. The van der Waals surface area contributed by atoms with Crippen LogP contribution >= 0.6 is 11.3 Å². The summed E-state index contributed by atoms with van der Waals surface area (Å²) < 4.78 is 8.43. The normalized spacial score (nSPS) is 12.7. The van der Waals surface area contributed by atoms with Gasteiger partial charge in [-0.05, 0) is 24.8 Å². The summed E-state index contributed by atoms with van der Waals surface area (Å²) in [4.78, 5) is 26.7. The lowest BCUT2D eigenvalue weighted by Gasteiger charge is -2.17. The third kappa shape index (κ3) is 2.62. The predicted octanol–water partition coefficient (Wildman–Crippen LogP) is 2.88. The first-order valence-electron chi connectivity index (χ1n) is 8.38. The maximum absolute atomic E-state index is 12.9. The molecule has 0 aliphatic carbocycles. The average molecular weight is 370 g/mol. The van der Waals surface area contributed by atoms with E-state index in [4.69, 9.17) is 4.42 Å². The Balaban J connectivity index is 1.72. The van der Waals surface area contributed by atoms with Gasteiger partial charge in [-0.1, -0.05) is 13.0 Å². The fourth-order valence-corrected chi connectivity index (χ4v) is 3.83. The van der Waals surface area contributed by atoms with Gasteiger partial charge in [0.15, 0.2) is 5.58 Å². The number of carbonyl (C=O) groups is 1. The first kappa shape index (κ1) is 16.6. The molecule has 4 aromatic heterocycles. The molecule has 0 saturated carbocycles. The molecule has 0 aliphatic heterocycles. The first-order valence-corrected chi connectivity index (χ1v) is 9.26. The zero-order valence-corrected chi connectivity index (χ0v) is 15.2. The van der Waals surface area contributed by atoms with E-state index in [0.29, 0.717) is 29.9 Å². The molecular formula is C18H18N4O3S. The fraction of sp³-hybridized carbons (Fsp3) is 0.278. The summed E-state index contributed by atoms with van der Waals surface area (Å²) in [5.74, 6) is 0.412. The Labute approximate surface area is 152 Å². The molecule has 8 heteroatoms. The molecule has 0 aromatic carbocycles. The number of nitrogens with one attached hydrogen (secondary N) is 1. The molecule has 0 saturated heterocycles. The second-order valence-corrected chi connectivity index (χ2v) is 7.09. The fourth-order valence-electron chi connectivity index (χ4n) is 3.18. The Hall–Kier alpha value is -2.87. The van der Waals surface area contributed by atoms with Gasteiger partial charge in [0.1, 0.15) is 17.4 Å². The number of fused-ring (bicyclic) bond motifs is 3. The maximum atomic E-state index is 12.9. The zero-order chi connectivity index (χ0) is 18.3. The SMILES string of the molecule is CC[C@@H](C(=O)NCc1cccs1)n1nc(C)n2c(cc3occc32)c1=O. The molecule has 26 heavy (non-hydrogen) atoms. The molecule has 0 bridgehead atoms. The molecule has 0 spiro atoms. The topological polar surface area (TPSA) is 81.5 Å². The van der Waals surface area contributed by atoms with Crippen LogP contribution in [0.25, 0.3) is 16.6 Å². The van der Waals surface area contributed by atoms with Gasteiger partial charge in [0.25, 0.3) is 5.56 Å². The number of thiophene rings is 1. The van der Waals surface area contributed by atoms with Crippen LogP contribution in [0.3, 0.4) is 0 Å². The maximum Gasteiger partial charge on any atom is 0.291 e. The number of carbonyl (C=O) groups excluding carboxylic acids is 1. The lowest BCUT2D eigenvalue weighted by atomic mass is 10.2. The number of aromatic nitrogens is 3. The number of aryl methyl sites for hydroxylation is 1. The van der Waals surface area contributed by atoms with Gasteiger partial charge >= 0.3 is 0 Å². The number of furan rings is 1. The number of rotatable bonds is 5. The molecule has 134 valence electrons. The smallest absolute Gasteiger partial charge is 0.291 e. The summed E-state index contributed by atoms with van der Waals surface area (Å²) in [7, 11) is 0. The minimum Gasteiger partial charge on any atom is -0.463 e. The molecule has 4 heterocycles. The van der Waals surface area contributed by atoms with Crippen molar-refractivity contribution in [2.24, 2.45) is 0 Å². The van der Waals surface area contributed by atoms with E-state index < -0.39 is 6.04 Å². The number of hydrogen-bond acceptors (Lipinski definition) is 5. The van der Waals surface area contributed by atoms with Gasteiger partial charge in [-0.2, -0.15) is 5.10 Å². The highest BCUT2D eigenvalue weighted by molar-refractivity contribution is 7.09. The third-order valence-electron chi connectivity index (χ3n) is 4.43. The van der Waals surface area contributed by atoms with Gasteiger partial charge in [0.05, 0.1) is 18.3 Å². The monoisotopic (exact) mass is 370 g/mol. The van der Waals surface area contributed by atoms with E-state index in [-0.39, 0.29) is 11.5 Å². The minimum atomic E-state index is -0.660. The lowest BCUT2D eigenvalue weighted by Crippen LogP contribution is -2.39. The molecular weight excluding hydrogens is 352 g/mol. The third-order valence-corrected chi connectivity index (χ3v) is 5.30. The van der Waals surface area contributed by atoms with Crippen molar-refractivity contribution >= 4 is 33.9 Å². The van der Waals surface area contributed by atoms with E-state index in [1.165, 1.54) is 4.68 Å². The molecule has 1 amide bonds. The summed E-state index contributed by atoms with van der Waals surface area (Å²) in [6.45, 7) is 4.12. The zero-order valence-electron chi connectivity index (χ0n) is 14.4. The van der Waals surface area contributed by atoms with Gasteiger partial charge in [-0.3, -0.25) is 14.0 Å². The number of nitrogens with zero attached hydrogens (tertiary/aromatic N) is 3. The van der Waals surface area contributed by atoms with Crippen LogP contribution in [0.4, 0.5) is 0 Å². The summed E-state index contributed by atoms with van der Waals surface area (Å²) in [6, 6.07) is 6.73. The van der Waals surface area contributed by atoms with Crippen molar-refractivity contribution in [3.8, 4) is 0 Å². The Morgan fingerprint density at radius 3 is 2.96 bits per heavy atom. The van der Waals surface area contributed by atoms with Gasteiger partial charge in [-0.15, -0.1) is 11.3 Å². The van der Waals surface area contributed by atoms with Crippen LogP contribution in [0.15, 0.2) is 45.1 Å². The van der Waals surface area contributed by atoms with Gasteiger partial charge in [-0.25, -0.2) is 4.68 Å². The van der Waals surface area contributed by atoms with Crippen LogP contribution in [0.2, 0.25) is 0 Å². The summed E-state index contributed by atoms with van der Waals surface area (Å²) in [5, 5.41) is 9.27. The standard InChI is InChI=1S/C18H18N4O3S/c1-3-13(17(23)19-10-12-5-4-8-26-12)22-18(24)15-9-16-14(6-7-25-16)21(15)11(2)20-22/h4-9,13H,3,10H2,1-2H3,(H,19,23)/t13-/m0/s1. The highest BCUT2D eigenvalue weighted by atomic mass is 32.1. The lowest BCUT2D eigenvalue weighted by molar-refractivity contribution is -0.125. The van der Waals surface area contributed by atoms with E-state index in [0.717, 1.165) is 10.4 Å². The van der Waals surface area contributed by atoms with Gasteiger partial charge in [0, 0.05) is 17.0 Å². The number of amides is 1. The van der Waals surface area contributed by atoms with E-state index in [2.05, 4.69) is 10.4 Å². The largest absolute Gasteiger partial charge is 0.463 e. The summed E-state index contributed by atoms with van der Waals surface area (Å²) in [6.07, 6.45) is 2.05. The van der Waals surface area contributed by atoms with E-state index in [9.17, 15) is 9.59 Å². The van der Waals surface area contributed by atoms with Crippen molar-refractivity contribution in [1.29, 1.82) is 0 Å². The summed E-state index contributed by atoms with van der Waals surface area (Å²) >= 11 is 1.58. The Kier molecular flexibility index (Phi) is 4.12. The van der Waals surface area contributed by atoms with Crippen LogP contribution in [0.5, 0.6) is 0 Å². The van der Waals surface area contributed by atoms with Crippen molar-refractivity contribution < 1.29 is 9.21 Å². The van der Waals surface area contributed by atoms with Crippen molar-refractivity contribution in [3.05, 3.63) is 57.0 Å². The second kappa shape index (κ2) is 6.45.